The number of benzene rings is 1. The Hall–Kier alpha value is -3.48. The fourth-order valence-corrected chi connectivity index (χ4v) is 3.98. The summed E-state index contributed by atoms with van der Waals surface area (Å²) in [5.74, 6) is 0.822. The number of ether oxygens (including phenoxy) is 1. The van der Waals surface area contributed by atoms with Gasteiger partial charge in [0, 0.05) is 24.2 Å². The molecule has 3 aromatic heterocycles. The molecule has 4 heterocycles. The van der Waals surface area contributed by atoms with E-state index in [1.807, 2.05) is 24.3 Å². The first-order chi connectivity index (χ1) is 15.0. The number of rotatable bonds is 4. The molecule has 0 spiro atoms. The van der Waals surface area contributed by atoms with Gasteiger partial charge in [-0.05, 0) is 24.1 Å². The van der Waals surface area contributed by atoms with Crippen molar-refractivity contribution in [3.05, 3.63) is 75.0 Å². The molecule has 1 saturated heterocycles. The van der Waals surface area contributed by atoms with Gasteiger partial charge in [-0.25, -0.2) is 4.98 Å². The largest absolute Gasteiger partial charge is 0.373 e. The molecule has 0 bridgehead atoms. The zero-order valence-electron chi connectivity index (χ0n) is 16.5. The number of hydrogen-bond donors (Lipinski definition) is 0. The fraction of sp³-hybridized carbons (Fsp3) is 0.286. The van der Waals surface area contributed by atoms with Crippen LogP contribution >= 0.6 is 11.6 Å². The Morgan fingerprint density at radius 1 is 1.32 bits per heavy atom. The molecule has 1 aromatic carbocycles. The van der Waals surface area contributed by atoms with Gasteiger partial charge < -0.3 is 18.4 Å². The van der Waals surface area contributed by atoms with Crippen molar-refractivity contribution >= 4 is 22.6 Å². The third-order valence-electron chi connectivity index (χ3n) is 5.45. The molecule has 5 rings (SSSR count). The lowest BCUT2D eigenvalue weighted by atomic mass is 10.0. The second kappa shape index (κ2) is 7.65. The number of fused-ring (bicyclic) bond motifs is 1. The van der Waals surface area contributed by atoms with E-state index in [9.17, 15) is 10.1 Å². The Balaban J connectivity index is 1.37. The number of aryl methyl sites for hydroxylation is 1. The van der Waals surface area contributed by atoms with Crippen molar-refractivity contribution < 1.29 is 9.26 Å². The van der Waals surface area contributed by atoms with Crippen LogP contribution in [0.3, 0.4) is 0 Å². The van der Waals surface area contributed by atoms with Crippen molar-refractivity contribution in [2.75, 3.05) is 6.61 Å². The van der Waals surface area contributed by atoms with E-state index in [-0.39, 0.29) is 30.0 Å². The summed E-state index contributed by atoms with van der Waals surface area (Å²) in [6.07, 6.45) is 3.65. The van der Waals surface area contributed by atoms with Crippen LogP contribution in [0.2, 0.25) is 5.02 Å². The lowest BCUT2D eigenvalue weighted by molar-refractivity contribution is 0.110. The van der Waals surface area contributed by atoms with E-state index in [0.717, 1.165) is 12.0 Å². The maximum absolute atomic E-state index is 12.8. The number of hydrogen-bond acceptors (Lipinski definition) is 7. The van der Waals surface area contributed by atoms with Crippen LogP contribution < -0.4 is 5.56 Å². The molecule has 9 nitrogen and oxygen atoms in total. The van der Waals surface area contributed by atoms with E-state index in [1.165, 1.54) is 17.1 Å². The van der Waals surface area contributed by atoms with Crippen molar-refractivity contribution in [2.45, 2.75) is 25.0 Å². The normalized spacial score (nSPS) is 18.5. The lowest BCUT2D eigenvalue weighted by Crippen LogP contribution is -2.22. The topological polar surface area (TPSA) is 112 Å². The van der Waals surface area contributed by atoms with Gasteiger partial charge in [0.25, 0.3) is 5.56 Å². The Morgan fingerprint density at radius 3 is 2.90 bits per heavy atom. The minimum Gasteiger partial charge on any atom is -0.373 e. The average molecular weight is 437 g/mol. The predicted octanol–water partition coefficient (Wildman–Crippen LogP) is 2.94. The first kappa shape index (κ1) is 19.5. The molecule has 1 aliphatic heterocycles. The molecule has 156 valence electrons. The molecular formula is C21H17ClN6O3. The monoisotopic (exact) mass is 436 g/mol. The molecular weight excluding hydrogens is 420 g/mol. The van der Waals surface area contributed by atoms with Crippen molar-refractivity contribution in [1.82, 2.24) is 24.3 Å². The second-order valence-electron chi connectivity index (χ2n) is 7.49. The summed E-state index contributed by atoms with van der Waals surface area (Å²) in [6, 6.07) is 9.66. The van der Waals surface area contributed by atoms with Gasteiger partial charge >= 0.3 is 0 Å². The highest BCUT2D eigenvalue weighted by Gasteiger charge is 2.31. The lowest BCUT2D eigenvalue weighted by Gasteiger charge is -2.09. The summed E-state index contributed by atoms with van der Waals surface area (Å²) in [5, 5.41) is 14.2. The number of imidazole rings is 1. The minimum atomic E-state index is -0.277. The standard InChI is InChI=1S/C21H17ClN6O3/c1-27-11-24-18-14(7-23)8-28(21(29)19(18)27)9-17-25-20(26-31-17)13-6-16(30-10-13)12-2-4-15(22)5-3-12/h2-5,8,11,13,16H,6,9-10H2,1H3/t13-,16+/m0/s1. The van der Waals surface area contributed by atoms with Crippen molar-refractivity contribution in [3.8, 4) is 6.07 Å². The van der Waals surface area contributed by atoms with E-state index in [1.54, 1.807) is 11.6 Å². The van der Waals surface area contributed by atoms with E-state index in [2.05, 4.69) is 21.2 Å². The minimum absolute atomic E-state index is 0.0101. The van der Waals surface area contributed by atoms with Crippen LogP contribution in [0.4, 0.5) is 0 Å². The van der Waals surface area contributed by atoms with Gasteiger partial charge in [0.1, 0.15) is 23.6 Å². The summed E-state index contributed by atoms with van der Waals surface area (Å²) >= 11 is 5.96. The molecule has 2 atom stereocenters. The molecule has 1 aliphatic rings. The Morgan fingerprint density at radius 2 is 2.13 bits per heavy atom. The maximum atomic E-state index is 12.8. The Kier molecular flexibility index (Phi) is 4.81. The van der Waals surface area contributed by atoms with Gasteiger partial charge in [-0.1, -0.05) is 28.9 Å². The van der Waals surface area contributed by atoms with Crippen LogP contribution in [-0.2, 0) is 18.3 Å². The SMILES string of the molecule is Cn1cnc2c(C#N)cn(Cc3nc([C@@H]4CO[C@@H](c5ccc(Cl)cc5)C4)no3)c(=O)c21. The van der Waals surface area contributed by atoms with Gasteiger partial charge in [-0.3, -0.25) is 4.79 Å². The number of nitriles is 1. The zero-order chi connectivity index (χ0) is 21.5. The van der Waals surface area contributed by atoms with Crippen molar-refractivity contribution in [1.29, 1.82) is 5.26 Å². The van der Waals surface area contributed by atoms with Gasteiger partial charge in [0.15, 0.2) is 5.82 Å². The molecule has 10 heteroatoms. The van der Waals surface area contributed by atoms with E-state index < -0.39 is 0 Å². The van der Waals surface area contributed by atoms with Crippen LogP contribution in [0.1, 0.15) is 41.3 Å². The first-order valence-corrected chi connectivity index (χ1v) is 10.1. The van der Waals surface area contributed by atoms with Crippen LogP contribution in [0.15, 0.2) is 46.1 Å². The first-order valence-electron chi connectivity index (χ1n) is 9.67. The predicted molar refractivity (Wildman–Crippen MR) is 111 cm³/mol. The summed E-state index contributed by atoms with van der Waals surface area (Å²) in [4.78, 5) is 21.5. The summed E-state index contributed by atoms with van der Waals surface area (Å²) in [6.45, 7) is 0.543. The van der Waals surface area contributed by atoms with E-state index >= 15 is 0 Å². The maximum Gasteiger partial charge on any atom is 0.277 e. The zero-order valence-corrected chi connectivity index (χ0v) is 17.3. The molecule has 0 N–H and O–H groups in total. The molecule has 0 radical (unpaired) electrons. The highest BCUT2D eigenvalue weighted by atomic mass is 35.5. The third-order valence-corrected chi connectivity index (χ3v) is 5.71. The van der Waals surface area contributed by atoms with Gasteiger partial charge in [-0.2, -0.15) is 10.2 Å². The number of pyridine rings is 1. The fourth-order valence-electron chi connectivity index (χ4n) is 3.85. The molecule has 0 unspecified atom stereocenters. The summed E-state index contributed by atoms with van der Waals surface area (Å²) in [5.41, 5.74) is 1.82. The number of aromatic nitrogens is 5. The van der Waals surface area contributed by atoms with Gasteiger partial charge in [0.05, 0.1) is 24.6 Å². The molecule has 4 aromatic rings. The average Bonchev–Trinajstić information content (AvgIpc) is 3.51. The number of halogens is 1. The van der Waals surface area contributed by atoms with Crippen molar-refractivity contribution in [2.24, 2.45) is 7.05 Å². The molecule has 0 saturated carbocycles. The molecule has 1 fully saturated rings. The van der Waals surface area contributed by atoms with E-state index in [4.69, 9.17) is 20.9 Å². The van der Waals surface area contributed by atoms with Crippen LogP contribution in [-0.4, -0.2) is 30.9 Å². The van der Waals surface area contributed by atoms with Crippen molar-refractivity contribution in [3.63, 3.8) is 0 Å². The smallest absolute Gasteiger partial charge is 0.277 e. The summed E-state index contributed by atoms with van der Waals surface area (Å²) < 4.78 is 14.3. The molecule has 0 amide bonds. The molecule has 31 heavy (non-hydrogen) atoms. The second-order valence-corrected chi connectivity index (χ2v) is 7.93. The summed E-state index contributed by atoms with van der Waals surface area (Å²) in [7, 11) is 1.71. The quantitative estimate of drug-likeness (QED) is 0.483. The van der Waals surface area contributed by atoms with E-state index in [0.29, 0.717) is 34.1 Å². The third kappa shape index (κ3) is 3.50. The molecule has 0 aliphatic carbocycles. The highest BCUT2D eigenvalue weighted by Crippen LogP contribution is 2.37. The highest BCUT2D eigenvalue weighted by molar-refractivity contribution is 6.30. The van der Waals surface area contributed by atoms with Crippen LogP contribution in [0.5, 0.6) is 0 Å². The van der Waals surface area contributed by atoms with Crippen LogP contribution in [0, 0.1) is 11.3 Å². The van der Waals surface area contributed by atoms with Gasteiger partial charge in [-0.15, -0.1) is 0 Å². The van der Waals surface area contributed by atoms with Crippen LogP contribution in [0.25, 0.3) is 11.0 Å². The Labute approximate surface area is 181 Å². The number of nitrogens with zero attached hydrogens (tertiary/aromatic N) is 6. The van der Waals surface area contributed by atoms with Gasteiger partial charge in [0.2, 0.25) is 5.89 Å². The Bertz CT molecular complexity index is 1360.